The summed E-state index contributed by atoms with van der Waals surface area (Å²) in [7, 11) is 0. The minimum atomic E-state index is -1.22. The van der Waals surface area contributed by atoms with Gasteiger partial charge in [0.25, 0.3) is 0 Å². The highest BCUT2D eigenvalue weighted by Crippen LogP contribution is 2.29. The van der Waals surface area contributed by atoms with Gasteiger partial charge in [-0.25, -0.2) is 9.18 Å². The Morgan fingerprint density at radius 2 is 2.19 bits per heavy atom. The van der Waals surface area contributed by atoms with Gasteiger partial charge in [-0.15, -0.1) is 0 Å². The zero-order chi connectivity index (χ0) is 14.8. The lowest BCUT2D eigenvalue weighted by Gasteiger charge is -2.25. The van der Waals surface area contributed by atoms with Gasteiger partial charge in [0.2, 0.25) is 5.76 Å². The fourth-order valence-electron chi connectivity index (χ4n) is 2.18. The van der Waals surface area contributed by atoms with Crippen molar-refractivity contribution in [3.05, 3.63) is 35.8 Å². The summed E-state index contributed by atoms with van der Waals surface area (Å²) in [4.78, 5) is 10.8. The number of hydrogen-bond donors (Lipinski definition) is 1. The summed E-state index contributed by atoms with van der Waals surface area (Å²) in [5.74, 6) is -1.01. The van der Waals surface area contributed by atoms with Crippen molar-refractivity contribution in [2.75, 3.05) is 6.61 Å². The number of halogens is 1. The third-order valence-corrected chi connectivity index (χ3v) is 3.60. The summed E-state index contributed by atoms with van der Waals surface area (Å²) < 4.78 is 23.9. The molecule has 1 aliphatic carbocycles. The molecule has 1 fully saturated rings. The van der Waals surface area contributed by atoms with Gasteiger partial charge in [0.15, 0.2) is 0 Å². The third-order valence-electron chi connectivity index (χ3n) is 3.60. The van der Waals surface area contributed by atoms with Crippen molar-refractivity contribution in [3.8, 4) is 17.0 Å². The average Bonchev–Trinajstić information content (AvgIpc) is 2.86. The third kappa shape index (κ3) is 3.04. The molecule has 6 heteroatoms. The van der Waals surface area contributed by atoms with Crippen LogP contribution in [-0.2, 0) is 0 Å². The standard InChI is InChI=1S/C15H14FNO4/c16-11-4-10(13-7-14(15(18)19)21-17-13)5-12(6-11)20-8-9-2-1-3-9/h4-7,9H,1-3,8H2,(H,18,19). The number of ether oxygens (including phenoxy) is 1. The molecule has 21 heavy (non-hydrogen) atoms. The molecule has 0 unspecified atom stereocenters. The molecule has 1 aromatic carbocycles. The summed E-state index contributed by atoms with van der Waals surface area (Å²) in [5, 5.41) is 12.4. The van der Waals surface area contributed by atoms with Crippen LogP contribution in [0.5, 0.6) is 5.75 Å². The quantitative estimate of drug-likeness (QED) is 0.914. The maximum Gasteiger partial charge on any atom is 0.374 e. The van der Waals surface area contributed by atoms with Gasteiger partial charge in [0.1, 0.15) is 17.3 Å². The number of rotatable bonds is 5. The van der Waals surface area contributed by atoms with Crippen LogP contribution < -0.4 is 4.74 Å². The van der Waals surface area contributed by atoms with Crippen molar-refractivity contribution in [1.29, 1.82) is 0 Å². The number of nitrogens with zero attached hydrogens (tertiary/aromatic N) is 1. The Bertz CT molecular complexity index is 663. The predicted molar refractivity (Wildman–Crippen MR) is 71.7 cm³/mol. The summed E-state index contributed by atoms with van der Waals surface area (Å²) in [6, 6.07) is 5.46. The van der Waals surface area contributed by atoms with Gasteiger partial charge < -0.3 is 14.4 Å². The number of benzene rings is 1. The monoisotopic (exact) mass is 291 g/mol. The van der Waals surface area contributed by atoms with E-state index in [1.807, 2.05) is 0 Å². The van der Waals surface area contributed by atoms with Crippen LogP contribution in [0.4, 0.5) is 4.39 Å². The smallest absolute Gasteiger partial charge is 0.374 e. The summed E-state index contributed by atoms with van der Waals surface area (Å²) in [5.41, 5.74) is 0.690. The molecule has 1 N–H and O–H groups in total. The topological polar surface area (TPSA) is 72.6 Å². The molecule has 0 amide bonds. The lowest BCUT2D eigenvalue weighted by atomic mass is 9.86. The van der Waals surface area contributed by atoms with Crippen LogP contribution >= 0.6 is 0 Å². The van der Waals surface area contributed by atoms with Crippen LogP contribution in [0, 0.1) is 11.7 Å². The van der Waals surface area contributed by atoms with E-state index in [0.717, 1.165) is 12.8 Å². The molecule has 1 saturated carbocycles. The van der Waals surface area contributed by atoms with Gasteiger partial charge in [-0.2, -0.15) is 0 Å². The Morgan fingerprint density at radius 3 is 2.81 bits per heavy atom. The van der Waals surface area contributed by atoms with Gasteiger partial charge >= 0.3 is 5.97 Å². The Kier molecular flexibility index (Phi) is 3.60. The van der Waals surface area contributed by atoms with E-state index < -0.39 is 11.8 Å². The number of carbonyl (C=O) groups is 1. The first-order valence-corrected chi connectivity index (χ1v) is 6.75. The van der Waals surface area contributed by atoms with Crippen molar-refractivity contribution in [2.45, 2.75) is 19.3 Å². The molecule has 1 aromatic heterocycles. The molecule has 0 radical (unpaired) electrons. The molecule has 110 valence electrons. The van der Waals surface area contributed by atoms with E-state index in [2.05, 4.69) is 9.68 Å². The van der Waals surface area contributed by atoms with E-state index in [-0.39, 0.29) is 11.5 Å². The van der Waals surface area contributed by atoms with Gasteiger partial charge in [-0.3, -0.25) is 0 Å². The molecule has 0 bridgehead atoms. The van der Waals surface area contributed by atoms with E-state index in [4.69, 9.17) is 9.84 Å². The SMILES string of the molecule is O=C(O)c1cc(-c2cc(F)cc(OCC3CCC3)c2)no1. The van der Waals surface area contributed by atoms with Crippen LogP contribution in [0.3, 0.4) is 0 Å². The number of carboxylic acids is 1. The lowest BCUT2D eigenvalue weighted by Crippen LogP contribution is -2.19. The van der Waals surface area contributed by atoms with Gasteiger partial charge in [-0.05, 0) is 30.9 Å². The molecule has 0 aliphatic heterocycles. The van der Waals surface area contributed by atoms with Crippen LogP contribution in [0.2, 0.25) is 0 Å². The van der Waals surface area contributed by atoms with Crippen molar-refractivity contribution in [3.63, 3.8) is 0 Å². The van der Waals surface area contributed by atoms with Crippen LogP contribution in [0.15, 0.2) is 28.8 Å². The summed E-state index contributed by atoms with van der Waals surface area (Å²) in [6.45, 7) is 0.572. The maximum absolute atomic E-state index is 13.6. The predicted octanol–water partition coefficient (Wildman–Crippen LogP) is 3.36. The highest BCUT2D eigenvalue weighted by Gasteiger charge is 2.18. The molecule has 1 heterocycles. The van der Waals surface area contributed by atoms with Crippen molar-refractivity contribution in [2.24, 2.45) is 5.92 Å². The number of aromatic nitrogens is 1. The van der Waals surface area contributed by atoms with Crippen LogP contribution in [0.1, 0.15) is 29.8 Å². The Balaban J connectivity index is 1.80. The van der Waals surface area contributed by atoms with Crippen molar-refractivity contribution < 1.29 is 23.6 Å². The number of carboxylic acid groups (broad SMARTS) is 1. The normalized spacial score (nSPS) is 14.7. The largest absolute Gasteiger partial charge is 0.493 e. The van der Waals surface area contributed by atoms with E-state index in [1.54, 1.807) is 6.07 Å². The summed E-state index contributed by atoms with van der Waals surface area (Å²) >= 11 is 0. The zero-order valence-electron chi connectivity index (χ0n) is 11.2. The van der Waals surface area contributed by atoms with E-state index >= 15 is 0 Å². The molecule has 2 aromatic rings. The van der Waals surface area contributed by atoms with Crippen molar-refractivity contribution in [1.82, 2.24) is 5.16 Å². The number of aromatic carboxylic acids is 1. The van der Waals surface area contributed by atoms with Crippen LogP contribution in [0.25, 0.3) is 11.3 Å². The van der Waals surface area contributed by atoms with Gasteiger partial charge in [0, 0.05) is 17.7 Å². The second-order valence-corrected chi connectivity index (χ2v) is 5.17. The fraction of sp³-hybridized carbons (Fsp3) is 0.333. The molecular formula is C15H14FNO4. The second-order valence-electron chi connectivity index (χ2n) is 5.17. The molecular weight excluding hydrogens is 277 g/mol. The fourth-order valence-corrected chi connectivity index (χ4v) is 2.18. The van der Waals surface area contributed by atoms with E-state index in [0.29, 0.717) is 23.8 Å². The molecule has 0 saturated heterocycles. The molecule has 5 nitrogen and oxygen atoms in total. The Labute approximate surface area is 120 Å². The minimum Gasteiger partial charge on any atom is -0.493 e. The van der Waals surface area contributed by atoms with Crippen LogP contribution in [-0.4, -0.2) is 22.8 Å². The second kappa shape index (κ2) is 5.55. The Morgan fingerprint density at radius 1 is 1.38 bits per heavy atom. The highest BCUT2D eigenvalue weighted by molar-refractivity contribution is 5.85. The first-order valence-electron chi connectivity index (χ1n) is 6.75. The van der Waals surface area contributed by atoms with E-state index in [9.17, 15) is 9.18 Å². The highest BCUT2D eigenvalue weighted by atomic mass is 19.1. The average molecular weight is 291 g/mol. The first kappa shape index (κ1) is 13.6. The lowest BCUT2D eigenvalue weighted by molar-refractivity contribution is 0.0652. The molecule has 3 rings (SSSR count). The first-order chi connectivity index (χ1) is 10.1. The molecule has 0 atom stereocenters. The van der Waals surface area contributed by atoms with E-state index in [1.165, 1.54) is 24.6 Å². The maximum atomic E-state index is 13.6. The summed E-state index contributed by atoms with van der Waals surface area (Å²) in [6.07, 6.45) is 3.51. The van der Waals surface area contributed by atoms with Crippen molar-refractivity contribution >= 4 is 5.97 Å². The Hall–Kier alpha value is -2.37. The minimum absolute atomic E-state index is 0.264. The number of hydrogen-bond acceptors (Lipinski definition) is 4. The molecule has 0 spiro atoms. The van der Waals surface area contributed by atoms with Gasteiger partial charge in [0.05, 0.1) is 6.61 Å². The zero-order valence-corrected chi connectivity index (χ0v) is 11.2. The van der Waals surface area contributed by atoms with Gasteiger partial charge in [-0.1, -0.05) is 11.6 Å². The molecule has 1 aliphatic rings.